The molecular formula is C25H33F3O3. The molecule has 6 heteroatoms. The van der Waals surface area contributed by atoms with Crippen molar-refractivity contribution in [2.75, 3.05) is 7.11 Å². The molecule has 0 amide bonds. The van der Waals surface area contributed by atoms with E-state index in [1.165, 1.54) is 24.3 Å². The number of hydrogen-bond donors (Lipinski definition) is 0. The minimum Gasteiger partial charge on any atom is -0.459 e. The smallest absolute Gasteiger partial charge is 0.432 e. The summed E-state index contributed by atoms with van der Waals surface area (Å²) < 4.78 is 52.1. The molecule has 0 aromatic heterocycles. The van der Waals surface area contributed by atoms with Gasteiger partial charge in [-0.2, -0.15) is 13.2 Å². The maximum Gasteiger partial charge on any atom is 0.432 e. The van der Waals surface area contributed by atoms with E-state index in [1.807, 2.05) is 0 Å². The van der Waals surface area contributed by atoms with Gasteiger partial charge >= 0.3 is 12.1 Å². The third-order valence-corrected chi connectivity index (χ3v) is 5.22. The number of benzene rings is 1. The summed E-state index contributed by atoms with van der Waals surface area (Å²) in [5.74, 6) is 1.17. The number of terminal acetylenes is 1. The highest BCUT2D eigenvalue weighted by Crippen LogP contribution is 2.43. The Balaban J connectivity index is 2.70. The van der Waals surface area contributed by atoms with Crippen LogP contribution in [0.25, 0.3) is 0 Å². The van der Waals surface area contributed by atoms with Crippen LogP contribution < -0.4 is 0 Å². The van der Waals surface area contributed by atoms with Gasteiger partial charge < -0.3 is 9.47 Å². The van der Waals surface area contributed by atoms with Gasteiger partial charge in [-0.3, -0.25) is 0 Å². The predicted octanol–water partition coefficient (Wildman–Crippen LogP) is 6.72. The summed E-state index contributed by atoms with van der Waals surface area (Å²) in [4.78, 5) is 12.8. The monoisotopic (exact) mass is 438 g/mol. The third kappa shape index (κ3) is 8.06. The van der Waals surface area contributed by atoms with Gasteiger partial charge in [0.1, 0.15) is 6.10 Å². The van der Waals surface area contributed by atoms with Gasteiger partial charge in [0.15, 0.2) is 0 Å². The lowest BCUT2D eigenvalue weighted by atomic mass is 9.92. The summed E-state index contributed by atoms with van der Waals surface area (Å²) >= 11 is 0. The van der Waals surface area contributed by atoms with Crippen molar-refractivity contribution < 1.29 is 27.4 Å². The average molecular weight is 439 g/mol. The number of unbranched alkanes of at least 4 members (excludes halogenated alkanes) is 7. The number of methoxy groups -OCH3 is 1. The van der Waals surface area contributed by atoms with Crippen LogP contribution >= 0.6 is 0 Å². The van der Waals surface area contributed by atoms with Crippen LogP contribution in [0.4, 0.5) is 13.2 Å². The van der Waals surface area contributed by atoms with E-state index in [9.17, 15) is 18.0 Å². The van der Waals surface area contributed by atoms with Gasteiger partial charge in [0.05, 0.1) is 0 Å². The van der Waals surface area contributed by atoms with Gasteiger partial charge in [0.2, 0.25) is 0 Å². The van der Waals surface area contributed by atoms with Crippen molar-refractivity contribution in [2.45, 2.75) is 82.1 Å². The van der Waals surface area contributed by atoms with Crippen LogP contribution in [0.5, 0.6) is 0 Å². The molecule has 0 bridgehead atoms. The van der Waals surface area contributed by atoms with Crippen molar-refractivity contribution >= 4 is 5.97 Å². The Labute approximate surface area is 184 Å². The summed E-state index contributed by atoms with van der Waals surface area (Å²) in [5, 5.41) is 0. The fraction of sp³-hybridized carbons (Fsp3) is 0.560. The molecule has 1 rings (SSSR count). The molecule has 0 aliphatic heterocycles. The number of alkyl halides is 3. The normalized spacial score (nSPS) is 14.3. The van der Waals surface area contributed by atoms with E-state index >= 15 is 0 Å². The third-order valence-electron chi connectivity index (χ3n) is 5.22. The average Bonchev–Trinajstić information content (AvgIpc) is 2.73. The summed E-state index contributed by atoms with van der Waals surface area (Å²) in [5.41, 5.74) is -3.47. The van der Waals surface area contributed by atoms with E-state index in [4.69, 9.17) is 15.9 Å². The highest BCUT2D eigenvalue weighted by Gasteiger charge is 2.64. The second-order valence-electron chi connectivity index (χ2n) is 7.52. The van der Waals surface area contributed by atoms with Gasteiger partial charge in [0, 0.05) is 25.5 Å². The summed E-state index contributed by atoms with van der Waals surface area (Å²) in [7, 11) is 0.869. The summed E-state index contributed by atoms with van der Waals surface area (Å²) in [6, 6.07) is 6.85. The number of halogens is 3. The van der Waals surface area contributed by atoms with Gasteiger partial charge in [-0.15, -0.1) is 18.9 Å². The van der Waals surface area contributed by atoms with Crippen molar-refractivity contribution in [3.05, 3.63) is 48.6 Å². The van der Waals surface area contributed by atoms with Crippen LogP contribution in [-0.2, 0) is 19.9 Å². The zero-order valence-corrected chi connectivity index (χ0v) is 18.3. The molecule has 0 radical (unpaired) electrons. The highest BCUT2D eigenvalue weighted by atomic mass is 19.4. The Morgan fingerprint density at radius 1 is 1.10 bits per heavy atom. The molecule has 1 aromatic carbocycles. The number of hydrogen-bond acceptors (Lipinski definition) is 3. The maximum atomic E-state index is 14.0. The first-order chi connectivity index (χ1) is 14.8. The molecular weight excluding hydrogens is 405 g/mol. The zero-order valence-electron chi connectivity index (χ0n) is 18.3. The fourth-order valence-corrected chi connectivity index (χ4v) is 3.52. The van der Waals surface area contributed by atoms with E-state index in [-0.39, 0.29) is 12.0 Å². The van der Waals surface area contributed by atoms with Crippen LogP contribution in [0.1, 0.15) is 69.8 Å². The van der Waals surface area contributed by atoms with Crippen molar-refractivity contribution in [3.63, 3.8) is 0 Å². The largest absolute Gasteiger partial charge is 0.459 e. The van der Waals surface area contributed by atoms with Crippen LogP contribution in [0.3, 0.4) is 0 Å². The lowest BCUT2D eigenvalue weighted by Crippen LogP contribution is -2.52. The Morgan fingerprint density at radius 3 is 2.19 bits per heavy atom. The first-order valence-electron chi connectivity index (χ1n) is 10.8. The molecule has 3 nitrogen and oxygen atoms in total. The maximum absolute atomic E-state index is 14.0. The molecule has 2 atom stereocenters. The molecule has 0 saturated carbocycles. The van der Waals surface area contributed by atoms with Gasteiger partial charge in [-0.1, -0.05) is 68.5 Å². The van der Waals surface area contributed by atoms with E-state index < -0.39 is 23.9 Å². The number of carbonyl (C=O) groups excluding carboxylic acids is 1. The van der Waals surface area contributed by atoms with Crippen LogP contribution in [0.15, 0.2) is 43.0 Å². The summed E-state index contributed by atoms with van der Waals surface area (Å²) in [6.07, 6.45) is 9.74. The molecule has 0 N–H and O–H groups in total. The van der Waals surface area contributed by atoms with Crippen LogP contribution in [-0.4, -0.2) is 25.4 Å². The van der Waals surface area contributed by atoms with Crippen molar-refractivity contribution in [3.8, 4) is 12.3 Å². The first kappa shape index (κ1) is 26.8. The predicted molar refractivity (Wildman–Crippen MR) is 116 cm³/mol. The molecule has 31 heavy (non-hydrogen) atoms. The Hall–Kier alpha value is -2.26. The molecule has 0 heterocycles. The second kappa shape index (κ2) is 13.9. The zero-order chi connectivity index (χ0) is 23.2. The Kier molecular flexibility index (Phi) is 12.0. The molecule has 172 valence electrons. The molecule has 0 spiro atoms. The fourth-order valence-electron chi connectivity index (χ4n) is 3.52. The highest BCUT2D eigenvalue weighted by molar-refractivity contribution is 5.82. The van der Waals surface area contributed by atoms with E-state index in [0.29, 0.717) is 6.42 Å². The second-order valence-corrected chi connectivity index (χ2v) is 7.52. The van der Waals surface area contributed by atoms with Gasteiger partial charge in [-0.25, -0.2) is 4.79 Å². The minimum absolute atomic E-state index is 0.282. The lowest BCUT2D eigenvalue weighted by Gasteiger charge is -2.33. The topological polar surface area (TPSA) is 35.5 Å². The molecule has 0 aliphatic rings. The Bertz CT molecular complexity index is 694. The number of carbonyl (C=O) groups is 1. The summed E-state index contributed by atoms with van der Waals surface area (Å²) in [6.45, 7) is 3.63. The Morgan fingerprint density at radius 2 is 1.68 bits per heavy atom. The number of ether oxygens (including phenoxy) is 2. The first-order valence-corrected chi connectivity index (χ1v) is 10.8. The van der Waals surface area contributed by atoms with Crippen LogP contribution in [0.2, 0.25) is 0 Å². The standard InChI is InChI=1S/C25H33F3O3/c1-4-6-7-8-9-10-11-12-16-20-22(17-5-2)31-23(29)24(30-3,25(26,27)28)21-18-14-13-15-19-21/h1,5,13-15,18-19,22H,2,6-12,16-17,20H2,3H3/t22-,24+/m0/s1. The van der Waals surface area contributed by atoms with Crippen molar-refractivity contribution in [1.29, 1.82) is 0 Å². The minimum atomic E-state index is -4.97. The van der Waals surface area contributed by atoms with Crippen molar-refractivity contribution in [1.82, 2.24) is 0 Å². The van der Waals surface area contributed by atoms with Crippen molar-refractivity contribution in [2.24, 2.45) is 0 Å². The number of rotatable bonds is 15. The molecule has 0 fully saturated rings. The van der Waals surface area contributed by atoms with E-state index in [1.54, 1.807) is 12.1 Å². The molecule has 0 unspecified atom stereocenters. The SMILES string of the molecule is C#CCCCCCCCCC[C@H](CC=C)OC(=O)[C@](OC)(c1ccccc1)C(F)(F)F. The molecule has 0 aliphatic carbocycles. The quantitative estimate of drug-likeness (QED) is 0.132. The van der Waals surface area contributed by atoms with E-state index in [2.05, 4.69) is 12.5 Å². The number of esters is 1. The molecule has 0 saturated heterocycles. The van der Waals surface area contributed by atoms with Crippen LogP contribution in [0, 0.1) is 12.3 Å². The van der Waals surface area contributed by atoms with E-state index in [0.717, 1.165) is 58.5 Å². The molecule has 1 aromatic rings. The lowest BCUT2D eigenvalue weighted by molar-refractivity contribution is -0.278. The van der Waals surface area contributed by atoms with Gasteiger partial charge in [0.25, 0.3) is 5.60 Å². The van der Waals surface area contributed by atoms with Gasteiger partial charge in [-0.05, 0) is 19.3 Å².